The highest BCUT2D eigenvalue weighted by atomic mass is 35.5. The first-order valence-electron chi connectivity index (χ1n) is 9.34. The lowest BCUT2D eigenvalue weighted by Crippen LogP contribution is -2.46. The number of benzene rings is 2. The molecule has 0 aromatic heterocycles. The van der Waals surface area contributed by atoms with Crippen LogP contribution in [0.15, 0.2) is 36.4 Å². The van der Waals surface area contributed by atoms with Crippen molar-refractivity contribution in [1.82, 2.24) is 10.2 Å². The van der Waals surface area contributed by atoms with Crippen LogP contribution in [0, 0.1) is 6.92 Å². The Morgan fingerprint density at radius 3 is 2.73 bits per heavy atom. The predicted molar refractivity (Wildman–Crippen MR) is 110 cm³/mol. The third-order valence-corrected chi connectivity index (χ3v) is 5.50. The van der Waals surface area contributed by atoms with Crippen molar-refractivity contribution < 1.29 is 23.9 Å². The molecule has 0 spiro atoms. The molecule has 1 unspecified atom stereocenters. The molecule has 1 saturated heterocycles. The Morgan fingerprint density at radius 1 is 1.20 bits per heavy atom. The highest BCUT2D eigenvalue weighted by Crippen LogP contribution is 2.34. The molecule has 2 aliphatic rings. The molecule has 1 atom stereocenters. The van der Waals surface area contributed by atoms with E-state index in [0.717, 1.165) is 16.0 Å². The Morgan fingerprint density at radius 2 is 1.97 bits per heavy atom. The van der Waals surface area contributed by atoms with Crippen molar-refractivity contribution in [2.24, 2.45) is 0 Å². The number of rotatable bonds is 5. The number of urea groups is 1. The molecule has 0 aliphatic carbocycles. The predicted octanol–water partition coefficient (Wildman–Crippen LogP) is 2.87. The van der Waals surface area contributed by atoms with Crippen LogP contribution in [0.25, 0.3) is 0 Å². The number of anilines is 1. The fourth-order valence-electron chi connectivity index (χ4n) is 3.48. The number of hydrogen-bond donors (Lipinski definition) is 2. The maximum absolute atomic E-state index is 12.9. The Bertz CT molecular complexity index is 1060. The number of hydrogen-bond acceptors (Lipinski definition) is 5. The molecule has 30 heavy (non-hydrogen) atoms. The van der Waals surface area contributed by atoms with Gasteiger partial charge in [0.1, 0.15) is 12.1 Å². The standard InChI is InChI=1S/C21H20ClN3O5/c1-12-3-5-14(8-15(12)22)23-18(26)10-25-19(27)21(2,24-20(25)28)9-13-4-6-16-17(7-13)30-11-29-16/h3-8H,9-11H2,1-2H3,(H,23,26)(H,24,28). The normalized spacial score (nSPS) is 19.8. The minimum atomic E-state index is -1.17. The molecule has 0 bridgehead atoms. The van der Waals surface area contributed by atoms with Crippen LogP contribution in [0.2, 0.25) is 5.02 Å². The average Bonchev–Trinajstić information content (AvgIpc) is 3.23. The molecule has 2 aliphatic heterocycles. The number of fused-ring (bicyclic) bond motifs is 1. The molecule has 2 aromatic carbocycles. The second-order valence-electron chi connectivity index (χ2n) is 7.53. The summed E-state index contributed by atoms with van der Waals surface area (Å²) < 4.78 is 10.7. The van der Waals surface area contributed by atoms with E-state index >= 15 is 0 Å². The largest absolute Gasteiger partial charge is 0.454 e. The first-order valence-corrected chi connectivity index (χ1v) is 9.72. The summed E-state index contributed by atoms with van der Waals surface area (Å²) >= 11 is 6.07. The van der Waals surface area contributed by atoms with E-state index in [1.54, 1.807) is 37.3 Å². The van der Waals surface area contributed by atoms with E-state index in [4.69, 9.17) is 21.1 Å². The summed E-state index contributed by atoms with van der Waals surface area (Å²) in [7, 11) is 0. The van der Waals surface area contributed by atoms with Gasteiger partial charge in [0.15, 0.2) is 11.5 Å². The molecule has 156 valence electrons. The van der Waals surface area contributed by atoms with Crippen LogP contribution >= 0.6 is 11.6 Å². The Hall–Kier alpha value is -3.26. The zero-order chi connectivity index (χ0) is 21.5. The molecule has 0 saturated carbocycles. The van der Waals surface area contributed by atoms with Crippen molar-refractivity contribution in [3.05, 3.63) is 52.5 Å². The average molecular weight is 430 g/mol. The molecule has 4 amide bonds. The number of nitrogens with one attached hydrogen (secondary N) is 2. The third kappa shape index (κ3) is 3.78. The number of aryl methyl sites for hydroxylation is 1. The number of ether oxygens (including phenoxy) is 2. The number of nitrogens with zero attached hydrogens (tertiary/aromatic N) is 1. The lowest BCUT2D eigenvalue weighted by Gasteiger charge is -2.22. The molecule has 1 fully saturated rings. The minimum Gasteiger partial charge on any atom is -0.454 e. The Kier molecular flexibility index (Phi) is 5.03. The van der Waals surface area contributed by atoms with Gasteiger partial charge >= 0.3 is 6.03 Å². The van der Waals surface area contributed by atoms with Gasteiger partial charge < -0.3 is 20.1 Å². The summed E-state index contributed by atoms with van der Waals surface area (Å²) in [5.74, 6) is 0.272. The molecule has 9 heteroatoms. The molecular formula is C21H20ClN3O5. The zero-order valence-corrected chi connectivity index (χ0v) is 17.2. The van der Waals surface area contributed by atoms with Gasteiger partial charge in [0, 0.05) is 17.1 Å². The van der Waals surface area contributed by atoms with Crippen LogP contribution in [0.1, 0.15) is 18.1 Å². The van der Waals surface area contributed by atoms with Gasteiger partial charge in [-0.25, -0.2) is 4.79 Å². The summed E-state index contributed by atoms with van der Waals surface area (Å²) in [6.45, 7) is 3.24. The second-order valence-corrected chi connectivity index (χ2v) is 7.94. The van der Waals surface area contributed by atoms with Gasteiger partial charge in [-0.2, -0.15) is 0 Å². The first kappa shape index (κ1) is 20.0. The fourth-order valence-corrected chi connectivity index (χ4v) is 3.66. The maximum Gasteiger partial charge on any atom is 0.325 e. The Balaban J connectivity index is 1.43. The minimum absolute atomic E-state index is 0.154. The summed E-state index contributed by atoms with van der Waals surface area (Å²) in [6, 6.07) is 9.84. The van der Waals surface area contributed by atoms with E-state index in [1.165, 1.54) is 0 Å². The van der Waals surface area contributed by atoms with Gasteiger partial charge in [-0.15, -0.1) is 0 Å². The van der Waals surface area contributed by atoms with E-state index in [-0.39, 0.29) is 13.2 Å². The van der Waals surface area contributed by atoms with Crippen molar-refractivity contribution in [1.29, 1.82) is 0 Å². The summed E-state index contributed by atoms with van der Waals surface area (Å²) in [4.78, 5) is 38.7. The van der Waals surface area contributed by atoms with Crippen LogP contribution in [-0.4, -0.2) is 41.6 Å². The summed E-state index contributed by atoms with van der Waals surface area (Å²) in [5.41, 5.74) is 1.00. The van der Waals surface area contributed by atoms with Crippen LogP contribution < -0.4 is 20.1 Å². The van der Waals surface area contributed by atoms with E-state index in [1.807, 2.05) is 13.0 Å². The van der Waals surface area contributed by atoms with E-state index < -0.39 is 29.9 Å². The second kappa shape index (κ2) is 7.53. The lowest BCUT2D eigenvalue weighted by molar-refractivity contribution is -0.133. The molecule has 2 N–H and O–H groups in total. The molecule has 4 rings (SSSR count). The lowest BCUT2D eigenvalue weighted by atomic mass is 9.92. The van der Waals surface area contributed by atoms with Gasteiger partial charge in [-0.1, -0.05) is 23.7 Å². The summed E-state index contributed by atoms with van der Waals surface area (Å²) in [6.07, 6.45) is 0.250. The van der Waals surface area contributed by atoms with E-state index in [0.29, 0.717) is 22.2 Å². The molecule has 0 radical (unpaired) electrons. The Labute approximate surface area is 178 Å². The monoisotopic (exact) mass is 429 g/mol. The summed E-state index contributed by atoms with van der Waals surface area (Å²) in [5, 5.41) is 5.87. The molecule has 8 nitrogen and oxygen atoms in total. The van der Waals surface area contributed by atoms with Crippen LogP contribution in [0.5, 0.6) is 11.5 Å². The van der Waals surface area contributed by atoms with Gasteiger partial charge in [0.25, 0.3) is 5.91 Å². The quantitative estimate of drug-likeness (QED) is 0.712. The highest BCUT2D eigenvalue weighted by Gasteiger charge is 2.48. The van der Waals surface area contributed by atoms with Gasteiger partial charge in [0.05, 0.1) is 0 Å². The van der Waals surface area contributed by atoms with Crippen molar-refractivity contribution in [3.63, 3.8) is 0 Å². The third-order valence-electron chi connectivity index (χ3n) is 5.10. The van der Waals surface area contributed by atoms with Crippen molar-refractivity contribution in [3.8, 4) is 11.5 Å². The fraction of sp³-hybridized carbons (Fsp3) is 0.286. The molecular weight excluding hydrogens is 410 g/mol. The number of carbonyl (C=O) groups is 3. The molecule has 2 aromatic rings. The molecule has 2 heterocycles. The number of amides is 4. The van der Waals surface area contributed by atoms with Crippen LogP contribution in [0.4, 0.5) is 10.5 Å². The van der Waals surface area contributed by atoms with Crippen LogP contribution in [-0.2, 0) is 16.0 Å². The SMILES string of the molecule is Cc1ccc(NC(=O)CN2C(=O)NC(C)(Cc3ccc4c(c3)OCO4)C2=O)cc1Cl. The smallest absolute Gasteiger partial charge is 0.325 e. The number of imide groups is 1. The van der Waals surface area contributed by atoms with Gasteiger partial charge in [-0.3, -0.25) is 14.5 Å². The first-order chi connectivity index (χ1) is 14.2. The van der Waals surface area contributed by atoms with Crippen LogP contribution in [0.3, 0.4) is 0 Å². The maximum atomic E-state index is 12.9. The van der Waals surface area contributed by atoms with Gasteiger partial charge in [-0.05, 0) is 49.2 Å². The zero-order valence-electron chi connectivity index (χ0n) is 16.5. The topological polar surface area (TPSA) is 97.0 Å². The highest BCUT2D eigenvalue weighted by molar-refractivity contribution is 6.31. The van der Waals surface area contributed by atoms with E-state index in [9.17, 15) is 14.4 Å². The van der Waals surface area contributed by atoms with Crippen molar-refractivity contribution in [2.45, 2.75) is 25.8 Å². The number of halogens is 1. The number of carbonyl (C=O) groups excluding carboxylic acids is 3. The van der Waals surface area contributed by atoms with Crippen molar-refractivity contribution in [2.75, 3.05) is 18.7 Å². The van der Waals surface area contributed by atoms with Gasteiger partial charge in [0.2, 0.25) is 12.7 Å². The van der Waals surface area contributed by atoms with E-state index in [2.05, 4.69) is 10.6 Å². The van der Waals surface area contributed by atoms with Crippen molar-refractivity contribution >= 4 is 35.1 Å².